The molecule has 1 unspecified atom stereocenters. The van der Waals surface area contributed by atoms with Crippen LogP contribution in [0.3, 0.4) is 0 Å². The van der Waals surface area contributed by atoms with E-state index in [1.54, 1.807) is 0 Å². The molecule has 2 heteroatoms. The van der Waals surface area contributed by atoms with E-state index in [-0.39, 0.29) is 11.1 Å². The van der Waals surface area contributed by atoms with Gasteiger partial charge in [-0.3, -0.25) is 0 Å². The van der Waals surface area contributed by atoms with E-state index < -0.39 is 0 Å². The fourth-order valence-electron chi connectivity index (χ4n) is 3.65. The summed E-state index contributed by atoms with van der Waals surface area (Å²) in [7, 11) is 0. The molecule has 1 spiro atoms. The van der Waals surface area contributed by atoms with Crippen LogP contribution in [0.4, 0.5) is 0 Å². The predicted molar refractivity (Wildman–Crippen MR) is 73.9 cm³/mol. The van der Waals surface area contributed by atoms with Gasteiger partial charge in [-0.1, -0.05) is 6.07 Å². The quantitative estimate of drug-likeness (QED) is 0.758. The number of hydrogen-bond donors (Lipinski definition) is 1. The fourth-order valence-corrected chi connectivity index (χ4v) is 3.65. The number of aryl methyl sites for hydroxylation is 2. The zero-order chi connectivity index (χ0) is 13.0. The first-order chi connectivity index (χ1) is 8.42. The summed E-state index contributed by atoms with van der Waals surface area (Å²) in [4.78, 5) is 0. The predicted octanol–water partition coefficient (Wildman–Crippen LogP) is 3.57. The molecular weight excluding hydrogens is 222 g/mol. The van der Waals surface area contributed by atoms with Crippen molar-refractivity contribution in [3.63, 3.8) is 0 Å². The molecule has 1 atom stereocenters. The Kier molecular flexibility index (Phi) is 2.50. The zero-order valence-corrected chi connectivity index (χ0v) is 11.7. The lowest BCUT2D eigenvalue weighted by Gasteiger charge is -2.44. The normalized spacial score (nSPS) is 29.1. The second kappa shape index (κ2) is 3.74. The first kappa shape index (κ1) is 12.0. The highest BCUT2D eigenvalue weighted by Gasteiger charge is 2.46. The van der Waals surface area contributed by atoms with Crippen molar-refractivity contribution in [2.75, 3.05) is 0 Å². The zero-order valence-electron chi connectivity index (χ0n) is 11.7. The summed E-state index contributed by atoms with van der Waals surface area (Å²) in [6.45, 7) is 6.44. The van der Waals surface area contributed by atoms with Gasteiger partial charge in [-0.05, 0) is 63.6 Å². The number of fused-ring (bicyclic) bond motifs is 1. The van der Waals surface area contributed by atoms with Crippen LogP contribution in [0.1, 0.15) is 55.7 Å². The smallest absolute Gasteiger partial charge is 0.125 e. The highest BCUT2D eigenvalue weighted by molar-refractivity contribution is 5.47. The van der Waals surface area contributed by atoms with Crippen molar-refractivity contribution in [2.45, 2.75) is 64.0 Å². The van der Waals surface area contributed by atoms with Gasteiger partial charge in [0.2, 0.25) is 0 Å². The molecule has 1 saturated carbocycles. The van der Waals surface area contributed by atoms with Crippen LogP contribution < -0.4 is 10.5 Å². The van der Waals surface area contributed by atoms with Gasteiger partial charge in [-0.25, -0.2) is 0 Å². The molecule has 0 radical (unpaired) electrons. The van der Waals surface area contributed by atoms with Crippen molar-refractivity contribution in [2.24, 2.45) is 5.73 Å². The molecular formula is C16H23NO. The second-order valence-corrected chi connectivity index (χ2v) is 6.52. The minimum atomic E-state index is -0.254. The first-order valence-corrected chi connectivity index (χ1v) is 7.02. The Morgan fingerprint density at radius 1 is 1.11 bits per heavy atom. The minimum Gasteiger partial charge on any atom is -0.487 e. The van der Waals surface area contributed by atoms with Crippen LogP contribution in [0.2, 0.25) is 0 Å². The largest absolute Gasteiger partial charge is 0.487 e. The molecule has 98 valence electrons. The van der Waals surface area contributed by atoms with Crippen LogP contribution >= 0.6 is 0 Å². The van der Waals surface area contributed by atoms with Crippen molar-refractivity contribution >= 4 is 0 Å². The molecule has 18 heavy (non-hydrogen) atoms. The molecule has 1 fully saturated rings. The number of hydrogen-bond acceptors (Lipinski definition) is 2. The van der Waals surface area contributed by atoms with Gasteiger partial charge >= 0.3 is 0 Å². The highest BCUT2D eigenvalue weighted by Crippen LogP contribution is 2.49. The molecule has 1 aliphatic heterocycles. The van der Waals surface area contributed by atoms with Crippen molar-refractivity contribution in [1.82, 2.24) is 0 Å². The van der Waals surface area contributed by atoms with Gasteiger partial charge in [0.25, 0.3) is 0 Å². The van der Waals surface area contributed by atoms with Crippen molar-refractivity contribution in [1.29, 1.82) is 0 Å². The first-order valence-electron chi connectivity index (χ1n) is 7.02. The van der Waals surface area contributed by atoms with E-state index in [4.69, 9.17) is 10.5 Å². The maximum absolute atomic E-state index is 6.58. The summed E-state index contributed by atoms with van der Waals surface area (Å²) in [5.41, 5.74) is 10.1. The molecule has 2 nitrogen and oxygen atoms in total. The average molecular weight is 245 g/mol. The van der Waals surface area contributed by atoms with E-state index in [1.165, 1.54) is 29.5 Å². The third-order valence-electron chi connectivity index (χ3n) is 4.74. The summed E-state index contributed by atoms with van der Waals surface area (Å²) in [5, 5.41) is 0. The van der Waals surface area contributed by atoms with E-state index in [0.717, 1.165) is 25.0 Å². The lowest BCUT2D eigenvalue weighted by molar-refractivity contribution is 0.0223. The molecule has 1 heterocycles. The van der Waals surface area contributed by atoms with Crippen molar-refractivity contribution in [3.8, 4) is 5.75 Å². The third kappa shape index (κ3) is 1.74. The number of benzene rings is 1. The summed E-state index contributed by atoms with van der Waals surface area (Å²) in [5.74, 6) is 1.02. The second-order valence-electron chi connectivity index (χ2n) is 6.52. The van der Waals surface area contributed by atoms with Crippen LogP contribution in [-0.4, -0.2) is 5.60 Å². The topological polar surface area (TPSA) is 35.2 Å². The molecule has 2 aliphatic rings. The molecule has 1 aromatic rings. The van der Waals surface area contributed by atoms with E-state index in [1.807, 2.05) is 0 Å². The molecule has 0 aromatic heterocycles. The molecule has 1 aliphatic carbocycles. The molecule has 1 aromatic carbocycles. The maximum Gasteiger partial charge on any atom is 0.125 e. The van der Waals surface area contributed by atoms with Gasteiger partial charge in [-0.15, -0.1) is 0 Å². The number of ether oxygens (including phenoxy) is 1. The molecule has 0 saturated heterocycles. The Morgan fingerprint density at radius 3 is 2.39 bits per heavy atom. The minimum absolute atomic E-state index is 0.0121. The lowest BCUT2D eigenvalue weighted by Crippen LogP contribution is -2.49. The highest BCUT2D eigenvalue weighted by atomic mass is 16.5. The van der Waals surface area contributed by atoms with Crippen molar-refractivity contribution < 1.29 is 4.74 Å². The Morgan fingerprint density at radius 2 is 1.72 bits per heavy atom. The summed E-state index contributed by atoms with van der Waals surface area (Å²) in [6.07, 6.45) is 5.82. The summed E-state index contributed by atoms with van der Waals surface area (Å²) < 4.78 is 6.37. The summed E-state index contributed by atoms with van der Waals surface area (Å²) in [6, 6.07) is 4.39. The van der Waals surface area contributed by atoms with Gasteiger partial charge < -0.3 is 10.5 Å². The molecule has 0 bridgehead atoms. The van der Waals surface area contributed by atoms with Gasteiger partial charge in [0, 0.05) is 17.5 Å². The van der Waals surface area contributed by atoms with Crippen LogP contribution in [0, 0.1) is 13.8 Å². The van der Waals surface area contributed by atoms with E-state index >= 15 is 0 Å². The number of nitrogens with two attached hydrogens (primary N) is 1. The monoisotopic (exact) mass is 245 g/mol. The standard InChI is InChI=1S/C16H23NO/c1-11-8-13-14(9-12(11)2)18-16(6-4-5-7-16)10-15(13,3)17/h8-9H,4-7,10,17H2,1-3H3. The molecule has 3 rings (SSSR count). The number of rotatable bonds is 0. The van der Waals surface area contributed by atoms with E-state index in [0.29, 0.717) is 0 Å². The maximum atomic E-state index is 6.58. The lowest BCUT2D eigenvalue weighted by atomic mass is 9.76. The van der Waals surface area contributed by atoms with E-state index in [2.05, 4.69) is 32.9 Å². The van der Waals surface area contributed by atoms with Gasteiger partial charge in [0.1, 0.15) is 11.4 Å². The molecule has 2 N–H and O–H groups in total. The Bertz CT molecular complexity index is 484. The van der Waals surface area contributed by atoms with E-state index in [9.17, 15) is 0 Å². The Hall–Kier alpha value is -1.02. The van der Waals surface area contributed by atoms with Gasteiger partial charge in [-0.2, -0.15) is 0 Å². The van der Waals surface area contributed by atoms with Crippen LogP contribution in [0.25, 0.3) is 0 Å². The SMILES string of the molecule is Cc1cc2c(cc1C)C(C)(N)CC1(CCCC1)O2. The van der Waals surface area contributed by atoms with Crippen LogP contribution in [0.5, 0.6) is 5.75 Å². The fraction of sp³-hybridized carbons (Fsp3) is 0.625. The van der Waals surface area contributed by atoms with Crippen molar-refractivity contribution in [3.05, 3.63) is 28.8 Å². The third-order valence-corrected chi connectivity index (χ3v) is 4.74. The summed E-state index contributed by atoms with van der Waals surface area (Å²) >= 11 is 0. The average Bonchev–Trinajstić information content (AvgIpc) is 2.69. The Labute approximate surface area is 110 Å². The Balaban J connectivity index is 2.10. The van der Waals surface area contributed by atoms with Gasteiger partial charge in [0.15, 0.2) is 0 Å². The molecule has 0 amide bonds. The van der Waals surface area contributed by atoms with Crippen LogP contribution in [0.15, 0.2) is 12.1 Å². The van der Waals surface area contributed by atoms with Crippen LogP contribution in [-0.2, 0) is 5.54 Å². The van der Waals surface area contributed by atoms with Gasteiger partial charge in [0.05, 0.1) is 0 Å².